The lowest BCUT2D eigenvalue weighted by Gasteiger charge is -2.05. The Labute approximate surface area is 52.7 Å². The maximum atomic E-state index is 5.46. The van der Waals surface area contributed by atoms with E-state index in [1.54, 1.807) is 0 Å². The fraction of sp³-hybridized carbons (Fsp3) is 1.00. The van der Waals surface area contributed by atoms with E-state index < -0.39 is 0 Å². The molecule has 0 aromatic carbocycles. The molecule has 0 radical (unpaired) electrons. The standard InChI is InChI=1S/C5H13N2P/c6-3-5-1-2-7(8)4-5/h5H,1-4,6,8H2/t5-/m1/s1. The molecule has 0 spiro atoms. The van der Waals surface area contributed by atoms with Crippen molar-refractivity contribution < 1.29 is 0 Å². The van der Waals surface area contributed by atoms with Crippen LogP contribution in [0.4, 0.5) is 0 Å². The maximum absolute atomic E-state index is 5.46. The Morgan fingerprint density at radius 1 is 1.75 bits per heavy atom. The van der Waals surface area contributed by atoms with Crippen LogP contribution in [0, 0.1) is 5.92 Å². The number of nitrogens with zero attached hydrogens (tertiary/aromatic N) is 1. The predicted octanol–water partition coefficient (Wildman–Crippen LogP) is 0.0571. The molecule has 2 nitrogen and oxygen atoms in total. The van der Waals surface area contributed by atoms with Gasteiger partial charge < -0.3 is 5.73 Å². The number of hydrogen-bond donors (Lipinski definition) is 1. The smallest absolute Gasteiger partial charge is 0.00571 e. The van der Waals surface area contributed by atoms with E-state index in [-0.39, 0.29) is 0 Å². The Morgan fingerprint density at radius 2 is 2.50 bits per heavy atom. The van der Waals surface area contributed by atoms with Gasteiger partial charge in [0.2, 0.25) is 0 Å². The van der Waals surface area contributed by atoms with Crippen molar-refractivity contribution in [3.63, 3.8) is 0 Å². The molecule has 3 heteroatoms. The van der Waals surface area contributed by atoms with Gasteiger partial charge in [0.05, 0.1) is 0 Å². The van der Waals surface area contributed by atoms with Crippen LogP contribution in [0.5, 0.6) is 0 Å². The van der Waals surface area contributed by atoms with E-state index in [1.807, 2.05) is 0 Å². The van der Waals surface area contributed by atoms with Crippen LogP contribution in [0.25, 0.3) is 0 Å². The van der Waals surface area contributed by atoms with Crippen molar-refractivity contribution in [2.75, 3.05) is 19.6 Å². The van der Waals surface area contributed by atoms with E-state index >= 15 is 0 Å². The largest absolute Gasteiger partial charge is 0.330 e. The summed E-state index contributed by atoms with van der Waals surface area (Å²) in [6, 6.07) is 0. The van der Waals surface area contributed by atoms with Crippen LogP contribution in [0.2, 0.25) is 0 Å². The van der Waals surface area contributed by atoms with Gasteiger partial charge in [0.1, 0.15) is 0 Å². The zero-order valence-electron chi connectivity index (χ0n) is 5.01. The molecule has 0 saturated carbocycles. The lowest BCUT2D eigenvalue weighted by atomic mass is 10.1. The lowest BCUT2D eigenvalue weighted by Crippen LogP contribution is -2.16. The van der Waals surface area contributed by atoms with Gasteiger partial charge in [0, 0.05) is 13.1 Å². The average molecular weight is 132 g/mol. The summed E-state index contributed by atoms with van der Waals surface area (Å²) in [5.41, 5.74) is 5.46. The SMILES string of the molecule is NC[C@H]1CCN(P)C1. The van der Waals surface area contributed by atoms with Crippen LogP contribution in [0.1, 0.15) is 6.42 Å². The van der Waals surface area contributed by atoms with Gasteiger partial charge in [0.25, 0.3) is 0 Å². The van der Waals surface area contributed by atoms with Crippen molar-refractivity contribution in [2.24, 2.45) is 11.7 Å². The summed E-state index contributed by atoms with van der Waals surface area (Å²) in [5, 5.41) is 0. The molecule has 2 N–H and O–H groups in total. The van der Waals surface area contributed by atoms with E-state index in [9.17, 15) is 0 Å². The topological polar surface area (TPSA) is 29.3 Å². The summed E-state index contributed by atoms with van der Waals surface area (Å²) in [4.78, 5) is 0. The van der Waals surface area contributed by atoms with Gasteiger partial charge in [-0.2, -0.15) is 0 Å². The highest BCUT2D eigenvalue weighted by Gasteiger charge is 2.16. The van der Waals surface area contributed by atoms with Gasteiger partial charge in [-0.15, -0.1) is 0 Å². The second-order valence-electron chi connectivity index (χ2n) is 2.39. The molecule has 0 aliphatic carbocycles. The average Bonchev–Trinajstić information content (AvgIpc) is 2.14. The quantitative estimate of drug-likeness (QED) is 0.511. The summed E-state index contributed by atoms with van der Waals surface area (Å²) < 4.78 is 2.25. The van der Waals surface area contributed by atoms with Gasteiger partial charge in [-0.3, -0.25) is 4.67 Å². The molecule has 1 aliphatic heterocycles. The second kappa shape index (κ2) is 2.77. The first-order chi connectivity index (χ1) is 3.83. The normalized spacial score (nSPS) is 31.5. The summed E-state index contributed by atoms with van der Waals surface area (Å²) in [7, 11) is 2.70. The zero-order valence-corrected chi connectivity index (χ0v) is 6.16. The fourth-order valence-electron chi connectivity index (χ4n) is 1.06. The molecular formula is C5H13N2P. The summed E-state index contributed by atoms with van der Waals surface area (Å²) in [5.74, 6) is 0.757. The van der Waals surface area contributed by atoms with Gasteiger partial charge >= 0.3 is 0 Å². The van der Waals surface area contributed by atoms with Crippen LogP contribution < -0.4 is 5.73 Å². The Morgan fingerprint density at radius 3 is 2.75 bits per heavy atom. The van der Waals surface area contributed by atoms with E-state index in [4.69, 9.17) is 5.73 Å². The summed E-state index contributed by atoms with van der Waals surface area (Å²) in [6.45, 7) is 3.22. The molecular weight excluding hydrogens is 119 g/mol. The molecule has 1 fully saturated rings. The monoisotopic (exact) mass is 132 g/mol. The highest BCUT2D eigenvalue weighted by atomic mass is 31.0. The number of rotatable bonds is 1. The molecule has 1 saturated heterocycles. The first kappa shape index (κ1) is 6.47. The molecule has 48 valence electrons. The Kier molecular flexibility index (Phi) is 2.24. The number of nitrogens with two attached hydrogens (primary N) is 1. The molecule has 1 rings (SSSR count). The highest BCUT2D eigenvalue weighted by Crippen LogP contribution is 2.17. The van der Waals surface area contributed by atoms with Crippen LogP contribution in [0.3, 0.4) is 0 Å². The molecule has 0 aromatic rings. The third-order valence-electron chi connectivity index (χ3n) is 1.65. The third kappa shape index (κ3) is 1.41. The Bertz CT molecular complexity index is 76.8. The molecule has 0 amide bonds. The Balaban J connectivity index is 2.22. The second-order valence-corrected chi connectivity index (χ2v) is 3.12. The molecule has 8 heavy (non-hydrogen) atoms. The molecule has 1 heterocycles. The van der Waals surface area contributed by atoms with E-state index in [0.29, 0.717) is 0 Å². The molecule has 0 bridgehead atoms. The van der Waals surface area contributed by atoms with E-state index in [2.05, 4.69) is 14.1 Å². The van der Waals surface area contributed by atoms with Crippen LogP contribution in [0.15, 0.2) is 0 Å². The van der Waals surface area contributed by atoms with Crippen molar-refractivity contribution in [2.45, 2.75) is 6.42 Å². The minimum absolute atomic E-state index is 0.757. The molecule has 1 aliphatic rings. The van der Waals surface area contributed by atoms with Crippen LogP contribution in [-0.4, -0.2) is 24.3 Å². The Hall–Kier alpha value is 0.350. The first-order valence-corrected chi connectivity index (χ1v) is 3.54. The minimum atomic E-state index is 0.757. The van der Waals surface area contributed by atoms with Crippen molar-refractivity contribution in [1.82, 2.24) is 4.67 Å². The highest BCUT2D eigenvalue weighted by molar-refractivity contribution is 7.13. The van der Waals surface area contributed by atoms with Gasteiger partial charge in [-0.05, 0) is 18.9 Å². The van der Waals surface area contributed by atoms with Crippen molar-refractivity contribution >= 4 is 9.39 Å². The minimum Gasteiger partial charge on any atom is -0.330 e. The summed E-state index contributed by atoms with van der Waals surface area (Å²) >= 11 is 0. The number of hydrogen-bond acceptors (Lipinski definition) is 2. The van der Waals surface area contributed by atoms with Crippen molar-refractivity contribution in [1.29, 1.82) is 0 Å². The maximum Gasteiger partial charge on any atom is 0.00571 e. The van der Waals surface area contributed by atoms with E-state index in [0.717, 1.165) is 12.5 Å². The lowest BCUT2D eigenvalue weighted by molar-refractivity contribution is 0.529. The van der Waals surface area contributed by atoms with Crippen LogP contribution in [-0.2, 0) is 0 Å². The van der Waals surface area contributed by atoms with Crippen molar-refractivity contribution in [3.8, 4) is 0 Å². The van der Waals surface area contributed by atoms with E-state index in [1.165, 1.54) is 19.5 Å². The fourth-order valence-corrected chi connectivity index (χ4v) is 1.50. The third-order valence-corrected chi connectivity index (χ3v) is 2.12. The van der Waals surface area contributed by atoms with Gasteiger partial charge in [0.15, 0.2) is 0 Å². The molecule has 2 atom stereocenters. The molecule has 1 unspecified atom stereocenters. The van der Waals surface area contributed by atoms with Crippen molar-refractivity contribution in [3.05, 3.63) is 0 Å². The van der Waals surface area contributed by atoms with Gasteiger partial charge in [-0.25, -0.2) is 0 Å². The van der Waals surface area contributed by atoms with Gasteiger partial charge in [-0.1, -0.05) is 9.39 Å². The zero-order chi connectivity index (χ0) is 5.98. The molecule has 0 aromatic heterocycles. The van der Waals surface area contributed by atoms with Crippen LogP contribution >= 0.6 is 9.39 Å². The predicted molar refractivity (Wildman–Crippen MR) is 38.4 cm³/mol. The first-order valence-electron chi connectivity index (χ1n) is 3.02. The summed E-state index contributed by atoms with van der Waals surface area (Å²) in [6.07, 6.45) is 1.28.